The van der Waals surface area contributed by atoms with Crippen LogP contribution < -0.4 is 4.74 Å². The van der Waals surface area contributed by atoms with Crippen molar-refractivity contribution < 1.29 is 4.74 Å². The molecule has 2 aromatic rings. The first-order valence-electron chi connectivity index (χ1n) is 9.57. The third-order valence-electron chi connectivity index (χ3n) is 5.31. The van der Waals surface area contributed by atoms with Crippen LogP contribution >= 0.6 is 0 Å². The lowest BCUT2D eigenvalue weighted by Gasteiger charge is -2.24. The van der Waals surface area contributed by atoms with E-state index in [0.29, 0.717) is 12.0 Å². The Balaban J connectivity index is 1.43. The van der Waals surface area contributed by atoms with Crippen LogP contribution in [0.4, 0.5) is 0 Å². The summed E-state index contributed by atoms with van der Waals surface area (Å²) in [5.74, 6) is 2.83. The minimum Gasteiger partial charge on any atom is -0.493 e. The van der Waals surface area contributed by atoms with Crippen molar-refractivity contribution in [2.24, 2.45) is 5.92 Å². The molecule has 1 aromatic carbocycles. The van der Waals surface area contributed by atoms with Gasteiger partial charge in [-0.1, -0.05) is 26.0 Å². The normalized spacial score (nSPS) is 20.2. The minimum atomic E-state index is 0.416. The number of aromatic nitrogens is 3. The summed E-state index contributed by atoms with van der Waals surface area (Å²) >= 11 is 0. The van der Waals surface area contributed by atoms with Crippen LogP contribution in [0, 0.1) is 5.92 Å². The van der Waals surface area contributed by atoms with Gasteiger partial charge in [-0.25, -0.2) is 0 Å². The Labute approximate surface area is 150 Å². The van der Waals surface area contributed by atoms with Gasteiger partial charge in [0.05, 0.1) is 12.6 Å². The van der Waals surface area contributed by atoms with Gasteiger partial charge in [-0.15, -0.1) is 10.2 Å². The second kappa shape index (κ2) is 7.16. The summed E-state index contributed by atoms with van der Waals surface area (Å²) in [6.45, 7) is 8.56. The molecule has 5 heteroatoms. The number of hydrogen-bond acceptors (Lipinski definition) is 4. The van der Waals surface area contributed by atoms with Crippen LogP contribution in [0.2, 0.25) is 0 Å². The third-order valence-corrected chi connectivity index (χ3v) is 5.31. The number of benzene rings is 1. The Hall–Kier alpha value is -1.88. The van der Waals surface area contributed by atoms with Crippen LogP contribution in [0.1, 0.15) is 49.7 Å². The summed E-state index contributed by atoms with van der Waals surface area (Å²) in [7, 11) is 0. The fourth-order valence-corrected chi connectivity index (χ4v) is 4.11. The Bertz CT molecular complexity index is 724. The zero-order chi connectivity index (χ0) is 17.2. The highest BCUT2D eigenvalue weighted by atomic mass is 16.5. The van der Waals surface area contributed by atoms with Gasteiger partial charge >= 0.3 is 0 Å². The average molecular weight is 340 g/mol. The fourth-order valence-electron chi connectivity index (χ4n) is 4.11. The lowest BCUT2D eigenvalue weighted by atomic mass is 10.1. The average Bonchev–Trinajstić information content (AvgIpc) is 3.32. The fraction of sp³-hybridized carbons (Fsp3) is 0.600. The van der Waals surface area contributed by atoms with E-state index in [-0.39, 0.29) is 0 Å². The molecule has 1 aromatic heterocycles. The van der Waals surface area contributed by atoms with Gasteiger partial charge in [0, 0.05) is 19.5 Å². The van der Waals surface area contributed by atoms with Crippen LogP contribution in [-0.4, -0.2) is 39.4 Å². The van der Waals surface area contributed by atoms with Crippen molar-refractivity contribution in [1.82, 2.24) is 19.7 Å². The van der Waals surface area contributed by atoms with E-state index in [1.165, 1.54) is 24.0 Å². The Kier molecular flexibility index (Phi) is 4.75. The lowest BCUT2D eigenvalue weighted by Crippen LogP contribution is -2.28. The van der Waals surface area contributed by atoms with E-state index in [4.69, 9.17) is 4.74 Å². The van der Waals surface area contributed by atoms with Crippen molar-refractivity contribution in [3.05, 3.63) is 41.5 Å². The van der Waals surface area contributed by atoms with Gasteiger partial charge < -0.3 is 9.30 Å². The van der Waals surface area contributed by atoms with Crippen molar-refractivity contribution in [1.29, 1.82) is 0 Å². The maximum absolute atomic E-state index is 5.61. The molecular formula is C20H28N4O. The van der Waals surface area contributed by atoms with E-state index in [0.717, 1.165) is 50.7 Å². The number of fused-ring (bicyclic) bond motifs is 1. The molecule has 0 aliphatic carbocycles. The first-order chi connectivity index (χ1) is 12.2. The summed E-state index contributed by atoms with van der Waals surface area (Å²) in [6.07, 6.45) is 6.47. The summed E-state index contributed by atoms with van der Waals surface area (Å²) in [5.41, 5.74) is 2.78. The van der Waals surface area contributed by atoms with Crippen molar-refractivity contribution in [2.75, 3.05) is 19.7 Å². The molecule has 1 atom stereocenters. The molecule has 1 saturated heterocycles. The molecule has 134 valence electrons. The molecule has 0 spiro atoms. The van der Waals surface area contributed by atoms with E-state index < -0.39 is 0 Å². The van der Waals surface area contributed by atoms with Crippen LogP contribution in [0.15, 0.2) is 24.5 Å². The monoisotopic (exact) mass is 340 g/mol. The van der Waals surface area contributed by atoms with Crippen molar-refractivity contribution >= 4 is 0 Å². The van der Waals surface area contributed by atoms with Gasteiger partial charge in [0.1, 0.15) is 17.9 Å². The van der Waals surface area contributed by atoms with Crippen LogP contribution in [-0.2, 0) is 19.4 Å². The molecular weight excluding hydrogens is 312 g/mol. The third kappa shape index (κ3) is 3.56. The molecule has 25 heavy (non-hydrogen) atoms. The standard InChI is InChI=1S/C20H28N4O/c1-15(2)13-24-14-21-22-20(24)18-4-3-9-23(18)10-7-16-5-6-19-17(12-16)8-11-25-19/h5-6,12,14-15,18H,3-4,7-11,13H2,1-2H3. The molecule has 5 nitrogen and oxygen atoms in total. The largest absolute Gasteiger partial charge is 0.493 e. The molecule has 2 aliphatic rings. The molecule has 0 N–H and O–H groups in total. The predicted octanol–water partition coefficient (Wildman–Crippen LogP) is 3.25. The van der Waals surface area contributed by atoms with E-state index in [1.807, 2.05) is 6.33 Å². The van der Waals surface area contributed by atoms with Gasteiger partial charge in [0.2, 0.25) is 0 Å². The van der Waals surface area contributed by atoms with Crippen LogP contribution in [0.5, 0.6) is 5.75 Å². The highest BCUT2D eigenvalue weighted by Gasteiger charge is 2.29. The highest BCUT2D eigenvalue weighted by molar-refractivity contribution is 5.39. The summed E-state index contributed by atoms with van der Waals surface area (Å²) in [4.78, 5) is 2.59. The van der Waals surface area contributed by atoms with E-state index >= 15 is 0 Å². The molecule has 0 bridgehead atoms. The lowest BCUT2D eigenvalue weighted by molar-refractivity contribution is 0.244. The van der Waals surface area contributed by atoms with Gasteiger partial charge in [-0.2, -0.15) is 0 Å². The van der Waals surface area contributed by atoms with Gasteiger partial charge in [-0.3, -0.25) is 4.90 Å². The number of ether oxygens (including phenoxy) is 1. The number of hydrogen-bond donors (Lipinski definition) is 0. The molecule has 0 saturated carbocycles. The second-order valence-electron chi connectivity index (χ2n) is 7.72. The quantitative estimate of drug-likeness (QED) is 0.810. The minimum absolute atomic E-state index is 0.416. The van der Waals surface area contributed by atoms with E-state index in [1.54, 1.807) is 0 Å². The summed E-state index contributed by atoms with van der Waals surface area (Å²) < 4.78 is 7.86. The molecule has 1 unspecified atom stereocenters. The smallest absolute Gasteiger partial charge is 0.150 e. The van der Waals surface area contributed by atoms with E-state index in [2.05, 4.69) is 51.7 Å². The first kappa shape index (κ1) is 16.6. The molecule has 1 fully saturated rings. The maximum Gasteiger partial charge on any atom is 0.150 e. The molecule has 0 amide bonds. The van der Waals surface area contributed by atoms with Gasteiger partial charge in [-0.05, 0) is 48.9 Å². The topological polar surface area (TPSA) is 43.2 Å². The number of likely N-dealkylation sites (tertiary alicyclic amines) is 1. The summed E-state index contributed by atoms with van der Waals surface area (Å²) in [5, 5.41) is 8.64. The van der Waals surface area contributed by atoms with E-state index in [9.17, 15) is 0 Å². The second-order valence-corrected chi connectivity index (χ2v) is 7.72. The number of rotatable bonds is 6. The summed E-state index contributed by atoms with van der Waals surface area (Å²) in [6, 6.07) is 7.10. The maximum atomic E-state index is 5.61. The van der Waals surface area contributed by atoms with Gasteiger partial charge in [0.25, 0.3) is 0 Å². The van der Waals surface area contributed by atoms with Crippen LogP contribution in [0.25, 0.3) is 0 Å². The SMILES string of the molecule is CC(C)Cn1cnnc1C1CCCN1CCc1ccc2c(c1)CCO2. The Morgan fingerprint density at radius 3 is 3.12 bits per heavy atom. The zero-order valence-electron chi connectivity index (χ0n) is 15.3. The molecule has 2 aliphatic heterocycles. The highest BCUT2D eigenvalue weighted by Crippen LogP contribution is 2.31. The van der Waals surface area contributed by atoms with Gasteiger partial charge in [0.15, 0.2) is 0 Å². The molecule has 0 radical (unpaired) electrons. The van der Waals surface area contributed by atoms with Crippen molar-refractivity contribution in [2.45, 2.75) is 52.1 Å². The molecule has 3 heterocycles. The first-order valence-corrected chi connectivity index (χ1v) is 9.57. The predicted molar refractivity (Wildman–Crippen MR) is 97.8 cm³/mol. The molecule has 4 rings (SSSR count). The van der Waals surface area contributed by atoms with Crippen molar-refractivity contribution in [3.8, 4) is 5.75 Å². The Morgan fingerprint density at radius 2 is 2.24 bits per heavy atom. The van der Waals surface area contributed by atoms with Crippen molar-refractivity contribution in [3.63, 3.8) is 0 Å². The van der Waals surface area contributed by atoms with Crippen LogP contribution in [0.3, 0.4) is 0 Å². The zero-order valence-corrected chi connectivity index (χ0v) is 15.3. The Morgan fingerprint density at radius 1 is 1.32 bits per heavy atom. The number of nitrogens with zero attached hydrogens (tertiary/aromatic N) is 4.